The molecule has 0 spiro atoms. The second-order valence-corrected chi connectivity index (χ2v) is 5.27. The molecule has 1 atom stereocenters. The fraction of sp³-hybridized carbons (Fsp3) is 0.417. The first-order valence-electron chi connectivity index (χ1n) is 5.50. The number of amides is 1. The Labute approximate surface area is 113 Å². The summed E-state index contributed by atoms with van der Waals surface area (Å²) in [7, 11) is 0. The highest BCUT2D eigenvalue weighted by atomic mass is 127. The molecule has 0 bridgehead atoms. The van der Waals surface area contributed by atoms with E-state index < -0.39 is 0 Å². The van der Waals surface area contributed by atoms with Crippen molar-refractivity contribution in [2.24, 2.45) is 0 Å². The molecule has 0 aromatic heterocycles. The average Bonchev–Trinajstić information content (AvgIpc) is 2.80. The summed E-state index contributed by atoms with van der Waals surface area (Å²) in [5, 5.41) is 9.16. The fourth-order valence-electron chi connectivity index (χ4n) is 2.09. The molecular weight excluding hydrogens is 336 g/mol. The van der Waals surface area contributed by atoms with Crippen LogP contribution in [0, 0.1) is 9.39 Å². The van der Waals surface area contributed by atoms with Crippen LogP contribution in [0.25, 0.3) is 0 Å². The highest BCUT2D eigenvalue weighted by Gasteiger charge is 2.28. The number of carbonyl (C=O) groups excluding carboxylic acids is 1. The summed E-state index contributed by atoms with van der Waals surface area (Å²) >= 11 is 1.88. The molecule has 2 rings (SSSR count). The summed E-state index contributed by atoms with van der Waals surface area (Å²) in [6.45, 7) is 0.607. The van der Waals surface area contributed by atoms with Gasteiger partial charge in [-0.1, -0.05) is 0 Å². The Morgan fingerprint density at radius 3 is 3.00 bits per heavy atom. The van der Waals surface area contributed by atoms with Crippen LogP contribution >= 0.6 is 22.6 Å². The third kappa shape index (κ3) is 2.60. The van der Waals surface area contributed by atoms with Crippen LogP contribution in [0.5, 0.6) is 0 Å². The maximum absolute atomic E-state index is 13.4. The molecular formula is C12H13FINO2. The van der Waals surface area contributed by atoms with Gasteiger partial charge in [0.05, 0.1) is 12.6 Å². The van der Waals surface area contributed by atoms with Crippen molar-refractivity contribution in [2.45, 2.75) is 18.9 Å². The van der Waals surface area contributed by atoms with E-state index in [9.17, 15) is 9.18 Å². The van der Waals surface area contributed by atoms with Crippen molar-refractivity contribution in [3.8, 4) is 0 Å². The number of nitrogens with zero attached hydrogens (tertiary/aromatic N) is 1. The molecule has 0 aliphatic carbocycles. The first-order chi connectivity index (χ1) is 8.13. The molecule has 1 amide bonds. The van der Waals surface area contributed by atoms with Gasteiger partial charge in [-0.25, -0.2) is 4.39 Å². The van der Waals surface area contributed by atoms with Gasteiger partial charge in [-0.3, -0.25) is 4.79 Å². The molecule has 0 saturated carbocycles. The van der Waals surface area contributed by atoms with Gasteiger partial charge in [0.25, 0.3) is 5.91 Å². The first-order valence-corrected chi connectivity index (χ1v) is 6.58. The Hall–Kier alpha value is -0.690. The van der Waals surface area contributed by atoms with E-state index in [1.165, 1.54) is 6.07 Å². The third-order valence-corrected chi connectivity index (χ3v) is 3.89. The van der Waals surface area contributed by atoms with Crippen molar-refractivity contribution in [1.29, 1.82) is 0 Å². The zero-order valence-corrected chi connectivity index (χ0v) is 11.4. The monoisotopic (exact) mass is 349 g/mol. The van der Waals surface area contributed by atoms with Gasteiger partial charge in [0, 0.05) is 15.7 Å². The van der Waals surface area contributed by atoms with Gasteiger partial charge in [-0.2, -0.15) is 0 Å². The maximum atomic E-state index is 13.4. The number of likely N-dealkylation sites (tertiary alicyclic amines) is 1. The molecule has 1 heterocycles. The molecule has 92 valence electrons. The smallest absolute Gasteiger partial charge is 0.254 e. The molecule has 17 heavy (non-hydrogen) atoms. The van der Waals surface area contributed by atoms with E-state index in [0.717, 1.165) is 12.8 Å². The minimum atomic E-state index is -0.379. The van der Waals surface area contributed by atoms with Gasteiger partial charge >= 0.3 is 0 Å². The summed E-state index contributed by atoms with van der Waals surface area (Å²) in [6.07, 6.45) is 1.71. The molecule has 0 unspecified atom stereocenters. The number of carbonyl (C=O) groups is 1. The Kier molecular flexibility index (Phi) is 3.98. The number of rotatable bonds is 2. The van der Waals surface area contributed by atoms with Crippen molar-refractivity contribution in [1.82, 2.24) is 4.90 Å². The lowest BCUT2D eigenvalue weighted by Crippen LogP contribution is -2.37. The van der Waals surface area contributed by atoms with Gasteiger partial charge in [-0.05, 0) is 53.6 Å². The van der Waals surface area contributed by atoms with Crippen LogP contribution in [0.4, 0.5) is 4.39 Å². The van der Waals surface area contributed by atoms with Crippen LogP contribution < -0.4 is 0 Å². The second-order valence-electron chi connectivity index (χ2n) is 4.11. The number of aliphatic hydroxyl groups excluding tert-OH is 1. The number of hydrogen-bond donors (Lipinski definition) is 1. The number of benzene rings is 1. The molecule has 5 heteroatoms. The minimum absolute atomic E-state index is 0.0292. The molecule has 1 N–H and O–H groups in total. The van der Waals surface area contributed by atoms with Gasteiger partial charge in [0.2, 0.25) is 0 Å². The van der Waals surface area contributed by atoms with Crippen LogP contribution in [0.2, 0.25) is 0 Å². The van der Waals surface area contributed by atoms with Crippen LogP contribution in [-0.4, -0.2) is 35.1 Å². The Bertz CT molecular complexity index is 439. The maximum Gasteiger partial charge on any atom is 0.254 e. The van der Waals surface area contributed by atoms with Crippen molar-refractivity contribution in [3.05, 3.63) is 33.1 Å². The normalized spacial score (nSPS) is 19.7. The van der Waals surface area contributed by atoms with E-state index in [-0.39, 0.29) is 24.4 Å². The Balaban J connectivity index is 2.21. The highest BCUT2D eigenvalue weighted by Crippen LogP contribution is 2.21. The predicted octanol–water partition coefficient (Wildman–Crippen LogP) is 2.03. The lowest BCUT2D eigenvalue weighted by molar-refractivity contribution is 0.0677. The summed E-state index contributed by atoms with van der Waals surface area (Å²) < 4.78 is 13.9. The van der Waals surface area contributed by atoms with Crippen molar-refractivity contribution in [3.63, 3.8) is 0 Å². The number of halogens is 2. The van der Waals surface area contributed by atoms with Crippen LogP contribution in [0.3, 0.4) is 0 Å². The molecule has 1 aromatic carbocycles. The average molecular weight is 349 g/mol. The summed E-state index contributed by atoms with van der Waals surface area (Å²) in [5.41, 5.74) is 0.350. The van der Waals surface area contributed by atoms with E-state index in [4.69, 9.17) is 5.11 Å². The molecule has 3 nitrogen and oxygen atoms in total. The standard InChI is InChI=1S/C12H13FINO2/c13-10-6-8(3-4-11(10)14)12(17)15-5-1-2-9(15)7-16/h3-4,6,9,16H,1-2,5,7H2/t9-/m1/s1. The summed E-state index contributed by atoms with van der Waals surface area (Å²) in [5.74, 6) is -0.576. The van der Waals surface area contributed by atoms with Gasteiger partial charge in [0.15, 0.2) is 0 Å². The molecule has 1 aromatic rings. The minimum Gasteiger partial charge on any atom is -0.394 e. The van der Waals surface area contributed by atoms with Crippen LogP contribution in [-0.2, 0) is 0 Å². The molecule has 1 saturated heterocycles. The largest absolute Gasteiger partial charge is 0.394 e. The lowest BCUT2D eigenvalue weighted by Gasteiger charge is -2.23. The predicted molar refractivity (Wildman–Crippen MR) is 70.3 cm³/mol. The van der Waals surface area contributed by atoms with Crippen molar-refractivity contribution < 1.29 is 14.3 Å². The molecule has 1 aliphatic rings. The van der Waals surface area contributed by atoms with E-state index in [2.05, 4.69) is 0 Å². The molecule has 1 fully saturated rings. The topological polar surface area (TPSA) is 40.5 Å². The zero-order valence-electron chi connectivity index (χ0n) is 9.20. The van der Waals surface area contributed by atoms with Gasteiger partial charge in [0.1, 0.15) is 5.82 Å². The fourth-order valence-corrected chi connectivity index (χ4v) is 2.42. The van der Waals surface area contributed by atoms with Crippen molar-refractivity contribution >= 4 is 28.5 Å². The summed E-state index contributed by atoms with van der Waals surface area (Å²) in [6, 6.07) is 4.36. The van der Waals surface area contributed by atoms with E-state index in [1.54, 1.807) is 17.0 Å². The third-order valence-electron chi connectivity index (χ3n) is 3.02. The molecule has 1 aliphatic heterocycles. The Morgan fingerprint density at radius 1 is 1.59 bits per heavy atom. The van der Waals surface area contributed by atoms with E-state index in [1.807, 2.05) is 22.6 Å². The zero-order chi connectivity index (χ0) is 12.4. The number of hydrogen-bond acceptors (Lipinski definition) is 2. The first kappa shape index (κ1) is 12.8. The molecule has 0 radical (unpaired) electrons. The highest BCUT2D eigenvalue weighted by molar-refractivity contribution is 14.1. The van der Waals surface area contributed by atoms with Crippen LogP contribution in [0.15, 0.2) is 18.2 Å². The Morgan fingerprint density at radius 2 is 2.35 bits per heavy atom. The van der Waals surface area contributed by atoms with Gasteiger partial charge in [-0.15, -0.1) is 0 Å². The second kappa shape index (κ2) is 5.30. The van der Waals surface area contributed by atoms with Crippen LogP contribution in [0.1, 0.15) is 23.2 Å². The van der Waals surface area contributed by atoms with E-state index >= 15 is 0 Å². The van der Waals surface area contributed by atoms with Crippen molar-refractivity contribution in [2.75, 3.05) is 13.2 Å². The quantitative estimate of drug-likeness (QED) is 0.831. The summed E-state index contributed by atoms with van der Waals surface area (Å²) in [4.78, 5) is 13.8. The van der Waals surface area contributed by atoms with E-state index in [0.29, 0.717) is 15.7 Å². The number of aliphatic hydroxyl groups is 1. The van der Waals surface area contributed by atoms with Gasteiger partial charge < -0.3 is 10.0 Å². The SMILES string of the molecule is O=C(c1ccc(I)c(F)c1)N1CCC[C@@H]1CO. The lowest BCUT2D eigenvalue weighted by atomic mass is 10.1.